The van der Waals surface area contributed by atoms with Gasteiger partial charge in [0, 0.05) is 39.0 Å². The molecule has 1 aromatic carbocycles. The molecule has 0 atom stereocenters. The summed E-state index contributed by atoms with van der Waals surface area (Å²) >= 11 is 6.77. The number of rotatable bonds is 6. The fourth-order valence-electron chi connectivity index (χ4n) is 4.95. The highest BCUT2D eigenvalue weighted by Crippen LogP contribution is 2.53. The van der Waals surface area contributed by atoms with E-state index in [1.54, 1.807) is 13.8 Å². The van der Waals surface area contributed by atoms with Gasteiger partial charge in [0.05, 0.1) is 33.4 Å². The highest BCUT2D eigenvalue weighted by atomic mass is 35.5. The fraction of sp³-hybridized carbons (Fsp3) is 0.276. The third-order valence-electron chi connectivity index (χ3n) is 7.15. The van der Waals surface area contributed by atoms with Crippen LogP contribution in [0.1, 0.15) is 28.3 Å². The molecule has 0 amide bonds. The summed E-state index contributed by atoms with van der Waals surface area (Å²) in [6.07, 6.45) is -10.9. The summed E-state index contributed by atoms with van der Waals surface area (Å²) in [5.74, 6) is 0.479. The second-order valence-electron chi connectivity index (χ2n) is 10.0. The van der Waals surface area contributed by atoms with Crippen LogP contribution in [0.25, 0.3) is 32.2 Å². The number of aryl methyl sites for hydroxylation is 3. The van der Waals surface area contributed by atoms with Crippen molar-refractivity contribution in [3.05, 3.63) is 79.6 Å². The third-order valence-corrected chi connectivity index (χ3v) is 8.38. The Bertz CT molecular complexity index is 2070. The second-order valence-corrected chi connectivity index (χ2v) is 11.4. The number of thiophene rings is 1. The van der Waals surface area contributed by atoms with E-state index < -0.39 is 34.6 Å². The van der Waals surface area contributed by atoms with Gasteiger partial charge in [0.15, 0.2) is 0 Å². The summed E-state index contributed by atoms with van der Waals surface area (Å²) < 4.78 is 89.6. The molecule has 0 radical (unpaired) electrons. The molecule has 234 valence electrons. The molecule has 0 saturated heterocycles. The topological polar surface area (TPSA) is 114 Å². The van der Waals surface area contributed by atoms with Gasteiger partial charge < -0.3 is 9.84 Å². The van der Waals surface area contributed by atoms with Crippen LogP contribution in [-0.4, -0.2) is 43.6 Å². The molecule has 5 aromatic rings. The molecule has 8 nitrogen and oxygen atoms in total. The Balaban J connectivity index is 1.57. The molecular formula is C29H20ClF6N5O3S. The highest BCUT2D eigenvalue weighted by molar-refractivity contribution is 7.18. The third kappa shape index (κ3) is 5.36. The lowest BCUT2D eigenvalue weighted by Gasteiger charge is -2.32. The van der Waals surface area contributed by atoms with Crippen molar-refractivity contribution in [3.8, 4) is 22.9 Å². The number of alkyl halides is 6. The first-order valence-electron chi connectivity index (χ1n) is 12.9. The summed E-state index contributed by atoms with van der Waals surface area (Å²) in [6.45, 7) is 4.48. The first-order valence-corrected chi connectivity index (χ1v) is 14.2. The van der Waals surface area contributed by atoms with Gasteiger partial charge in [-0.25, -0.2) is 4.98 Å². The zero-order chi connectivity index (χ0) is 33.1. The summed E-state index contributed by atoms with van der Waals surface area (Å²) in [5, 5.41) is 20.5. The van der Waals surface area contributed by atoms with Crippen molar-refractivity contribution in [2.45, 2.75) is 45.3 Å². The molecule has 16 heteroatoms. The minimum Gasteiger partial charge on any atom is -0.491 e. The predicted molar refractivity (Wildman–Crippen MR) is 154 cm³/mol. The van der Waals surface area contributed by atoms with E-state index in [1.807, 2.05) is 6.07 Å². The monoisotopic (exact) mass is 667 g/mol. The molecule has 0 aliphatic heterocycles. The lowest BCUT2D eigenvalue weighted by molar-refractivity contribution is -0.375. The van der Waals surface area contributed by atoms with Crippen molar-refractivity contribution >= 4 is 44.1 Å². The van der Waals surface area contributed by atoms with Gasteiger partial charge in [-0.1, -0.05) is 11.6 Å². The lowest BCUT2D eigenvalue weighted by atomic mass is 9.92. The van der Waals surface area contributed by atoms with E-state index in [1.165, 1.54) is 42.0 Å². The maximum Gasteiger partial charge on any atom is 0.430 e. The standard InChI is InChI=1S/C29H20ClF6N5O3S/c1-13-8-19(25-24(39-13)20(12-45-25)27(43,28(31,32)33)29(34,35)36)18-9-17(30)4-5-21(18)44-7-6-41-15(3)40-23-14(2)38-11-16(10-37)22(23)26(41)42/h4-5,8-9,11-12,43H,6-7H2,1-3H3. The van der Waals surface area contributed by atoms with Crippen molar-refractivity contribution in [3.63, 3.8) is 0 Å². The Morgan fingerprint density at radius 3 is 2.38 bits per heavy atom. The van der Waals surface area contributed by atoms with Gasteiger partial charge in [0.25, 0.3) is 11.2 Å². The van der Waals surface area contributed by atoms with Gasteiger partial charge in [-0.2, -0.15) is 31.6 Å². The predicted octanol–water partition coefficient (Wildman–Crippen LogP) is 6.91. The van der Waals surface area contributed by atoms with E-state index in [2.05, 4.69) is 15.0 Å². The van der Waals surface area contributed by atoms with E-state index in [4.69, 9.17) is 16.3 Å². The van der Waals surface area contributed by atoms with Crippen LogP contribution in [0.3, 0.4) is 0 Å². The molecule has 0 fully saturated rings. The van der Waals surface area contributed by atoms with E-state index in [0.717, 1.165) is 0 Å². The van der Waals surface area contributed by atoms with E-state index in [9.17, 15) is 41.5 Å². The van der Waals surface area contributed by atoms with Gasteiger partial charge in [0.1, 0.15) is 29.8 Å². The van der Waals surface area contributed by atoms with Crippen LogP contribution >= 0.6 is 22.9 Å². The van der Waals surface area contributed by atoms with Crippen molar-refractivity contribution in [1.29, 1.82) is 5.26 Å². The minimum atomic E-state index is -6.09. The van der Waals surface area contributed by atoms with Crippen LogP contribution in [0.5, 0.6) is 5.75 Å². The van der Waals surface area contributed by atoms with Crippen molar-refractivity contribution < 1.29 is 36.2 Å². The molecule has 1 N–H and O–H groups in total. The van der Waals surface area contributed by atoms with Gasteiger partial charge in [-0.3, -0.25) is 19.3 Å². The first-order chi connectivity index (χ1) is 21.0. The molecule has 4 aromatic heterocycles. The molecule has 0 spiro atoms. The van der Waals surface area contributed by atoms with Gasteiger partial charge in [-0.15, -0.1) is 11.3 Å². The smallest absolute Gasteiger partial charge is 0.430 e. The van der Waals surface area contributed by atoms with E-state index in [-0.39, 0.29) is 56.4 Å². The summed E-state index contributed by atoms with van der Waals surface area (Å²) in [5.41, 5.74) is -6.50. The van der Waals surface area contributed by atoms with Crippen LogP contribution in [0.4, 0.5) is 26.3 Å². The van der Waals surface area contributed by atoms with Crippen molar-refractivity contribution in [2.24, 2.45) is 0 Å². The first kappa shape index (κ1) is 32.1. The second kappa shape index (κ2) is 11.3. The average Bonchev–Trinajstić information content (AvgIpc) is 3.37. The fourth-order valence-corrected chi connectivity index (χ4v) is 6.20. The Morgan fingerprint density at radius 1 is 1.04 bits per heavy atom. The van der Waals surface area contributed by atoms with Crippen LogP contribution in [0.2, 0.25) is 5.02 Å². The molecule has 0 bridgehead atoms. The average molecular weight is 668 g/mol. The molecule has 0 unspecified atom stereocenters. The molecule has 45 heavy (non-hydrogen) atoms. The quantitative estimate of drug-likeness (QED) is 0.196. The summed E-state index contributed by atoms with van der Waals surface area (Å²) in [6, 6.07) is 7.75. The maximum absolute atomic E-state index is 13.7. The number of hydrogen-bond donors (Lipinski definition) is 1. The Morgan fingerprint density at radius 2 is 1.73 bits per heavy atom. The largest absolute Gasteiger partial charge is 0.491 e. The van der Waals surface area contributed by atoms with Crippen LogP contribution < -0.4 is 10.3 Å². The number of ether oxygens (including phenoxy) is 1. The number of nitrogens with zero attached hydrogens (tertiary/aromatic N) is 5. The Labute approximate surface area is 259 Å². The number of pyridine rings is 2. The Hall–Kier alpha value is -4.26. The van der Waals surface area contributed by atoms with Crippen LogP contribution in [0, 0.1) is 32.1 Å². The summed E-state index contributed by atoms with van der Waals surface area (Å²) in [4.78, 5) is 25.8. The summed E-state index contributed by atoms with van der Waals surface area (Å²) in [7, 11) is 0. The highest BCUT2D eigenvalue weighted by Gasteiger charge is 2.72. The SMILES string of the molecule is Cc1cc(-c2cc(Cl)ccc2OCCn2c(C)nc3c(C)ncc(C#N)c3c2=O)c2scc(C(O)(C(F)(F)F)C(F)(F)F)c2n1. The molecule has 0 saturated carbocycles. The lowest BCUT2D eigenvalue weighted by Crippen LogP contribution is -2.53. The number of fused-ring (bicyclic) bond motifs is 2. The number of aromatic nitrogens is 4. The number of nitriles is 1. The van der Waals surface area contributed by atoms with Crippen molar-refractivity contribution in [2.75, 3.05) is 6.61 Å². The number of benzene rings is 1. The zero-order valence-corrected chi connectivity index (χ0v) is 25.0. The van der Waals surface area contributed by atoms with Crippen molar-refractivity contribution in [1.82, 2.24) is 19.5 Å². The normalized spacial score (nSPS) is 12.6. The Kier molecular flexibility index (Phi) is 8.05. The molecule has 0 aliphatic carbocycles. The van der Waals surface area contributed by atoms with Gasteiger partial charge in [0.2, 0.25) is 0 Å². The van der Waals surface area contributed by atoms with Crippen LogP contribution in [-0.2, 0) is 12.1 Å². The minimum absolute atomic E-state index is 0.0277. The molecule has 0 aliphatic rings. The van der Waals surface area contributed by atoms with Gasteiger partial charge in [-0.05, 0) is 45.0 Å². The van der Waals surface area contributed by atoms with E-state index in [0.29, 0.717) is 33.8 Å². The van der Waals surface area contributed by atoms with Gasteiger partial charge >= 0.3 is 12.4 Å². The number of aliphatic hydroxyl groups is 1. The maximum atomic E-state index is 13.7. The molecule has 4 heterocycles. The van der Waals surface area contributed by atoms with E-state index >= 15 is 0 Å². The number of hydrogen-bond acceptors (Lipinski definition) is 8. The molecular weight excluding hydrogens is 648 g/mol. The van der Waals surface area contributed by atoms with Crippen LogP contribution in [0.15, 0.2) is 40.6 Å². The zero-order valence-electron chi connectivity index (χ0n) is 23.4. The molecule has 5 rings (SSSR count). The number of halogens is 7.